The van der Waals surface area contributed by atoms with Crippen molar-refractivity contribution in [2.75, 3.05) is 10.6 Å². The number of aromatic nitrogens is 4. The first-order valence-electron chi connectivity index (χ1n) is 9.78. The van der Waals surface area contributed by atoms with E-state index in [1.165, 1.54) is 0 Å². The summed E-state index contributed by atoms with van der Waals surface area (Å²) in [6.07, 6.45) is 0. The van der Waals surface area contributed by atoms with Gasteiger partial charge < -0.3 is 10.6 Å². The quantitative estimate of drug-likeness (QED) is 0.338. The van der Waals surface area contributed by atoms with E-state index in [9.17, 15) is 4.79 Å². The summed E-state index contributed by atoms with van der Waals surface area (Å²) >= 11 is 7.72. The van der Waals surface area contributed by atoms with Crippen molar-refractivity contribution in [2.45, 2.75) is 6.92 Å². The molecule has 158 valence electrons. The minimum Gasteiger partial charge on any atom is -0.308 e. The second-order valence-electron chi connectivity index (χ2n) is 7.11. The van der Waals surface area contributed by atoms with Crippen LogP contribution in [0.5, 0.6) is 0 Å². The number of nitrogens with zero attached hydrogens (tertiary/aromatic N) is 4. The average Bonchev–Trinajstić information content (AvgIpc) is 3.45. The fourth-order valence-corrected chi connectivity index (χ4v) is 4.10. The summed E-state index contributed by atoms with van der Waals surface area (Å²) < 4.78 is 1.73. The summed E-state index contributed by atoms with van der Waals surface area (Å²) in [4.78, 5) is 13.4. The number of carbonyl (C=O) groups is 1. The average molecular weight is 461 g/mol. The van der Waals surface area contributed by atoms with Crippen LogP contribution in [0.2, 0.25) is 5.02 Å². The lowest BCUT2D eigenvalue weighted by atomic mass is 10.1. The molecule has 9 heteroatoms. The molecule has 0 aliphatic carbocycles. The van der Waals surface area contributed by atoms with Crippen LogP contribution in [0.1, 0.15) is 5.56 Å². The zero-order chi connectivity index (χ0) is 22.1. The van der Waals surface area contributed by atoms with Gasteiger partial charge in [0.25, 0.3) is 0 Å². The maximum absolute atomic E-state index is 12.4. The maximum atomic E-state index is 12.4. The Morgan fingerprint density at radius 3 is 2.59 bits per heavy atom. The monoisotopic (exact) mass is 460 g/mol. The standard InChI is InChI=1S/C23H17ClN6OS/c1-14-7-8-17(13-18(14)24)26-23(31)25-16-5-2-4-15(12-16)19-9-10-21-27-28-22(30(21)29-19)20-6-3-11-32-20/h2-13H,1H3,(H2,25,26,31). The van der Waals surface area contributed by atoms with E-state index in [2.05, 4.69) is 20.8 Å². The Balaban J connectivity index is 1.39. The van der Waals surface area contributed by atoms with E-state index >= 15 is 0 Å². The van der Waals surface area contributed by atoms with Crippen LogP contribution in [0, 0.1) is 6.92 Å². The van der Waals surface area contributed by atoms with Crippen LogP contribution in [0.25, 0.3) is 27.6 Å². The highest BCUT2D eigenvalue weighted by Gasteiger charge is 2.12. The van der Waals surface area contributed by atoms with E-state index in [-0.39, 0.29) is 6.03 Å². The zero-order valence-corrected chi connectivity index (χ0v) is 18.5. The van der Waals surface area contributed by atoms with Crippen molar-refractivity contribution in [3.63, 3.8) is 0 Å². The van der Waals surface area contributed by atoms with E-state index in [1.807, 2.05) is 66.9 Å². The lowest BCUT2D eigenvalue weighted by Gasteiger charge is -2.10. The third-order valence-electron chi connectivity index (χ3n) is 4.85. The van der Waals surface area contributed by atoms with Crippen molar-refractivity contribution in [1.29, 1.82) is 0 Å². The highest BCUT2D eigenvalue weighted by molar-refractivity contribution is 7.13. The van der Waals surface area contributed by atoms with Gasteiger partial charge in [-0.25, -0.2) is 4.79 Å². The highest BCUT2D eigenvalue weighted by atomic mass is 35.5. The number of fused-ring (bicyclic) bond motifs is 1. The fourth-order valence-electron chi connectivity index (χ4n) is 3.22. The number of anilines is 2. The summed E-state index contributed by atoms with van der Waals surface area (Å²) in [7, 11) is 0. The number of nitrogens with one attached hydrogen (secondary N) is 2. The van der Waals surface area contributed by atoms with Gasteiger partial charge in [-0.1, -0.05) is 35.9 Å². The van der Waals surface area contributed by atoms with Crippen LogP contribution in [0.3, 0.4) is 0 Å². The molecule has 0 saturated heterocycles. The predicted octanol–water partition coefficient (Wildman–Crippen LogP) is 6.13. The molecule has 7 nitrogen and oxygen atoms in total. The smallest absolute Gasteiger partial charge is 0.308 e. The first-order valence-corrected chi connectivity index (χ1v) is 11.0. The Kier molecular flexibility index (Phi) is 5.30. The van der Waals surface area contributed by atoms with E-state index in [0.29, 0.717) is 27.9 Å². The molecule has 5 aromatic rings. The molecule has 3 heterocycles. The topological polar surface area (TPSA) is 84.2 Å². The molecule has 2 aromatic carbocycles. The Labute approximate surface area is 192 Å². The van der Waals surface area contributed by atoms with Gasteiger partial charge in [0.2, 0.25) is 0 Å². The number of thiophene rings is 1. The lowest BCUT2D eigenvalue weighted by molar-refractivity contribution is 0.262. The number of hydrogen-bond acceptors (Lipinski definition) is 5. The van der Waals surface area contributed by atoms with Gasteiger partial charge in [0, 0.05) is 22.0 Å². The molecule has 2 N–H and O–H groups in total. The molecule has 3 aromatic heterocycles. The van der Waals surface area contributed by atoms with Crippen molar-refractivity contribution < 1.29 is 4.79 Å². The number of carbonyl (C=O) groups excluding carboxylic acids is 1. The van der Waals surface area contributed by atoms with Crippen molar-refractivity contribution in [3.8, 4) is 22.0 Å². The van der Waals surface area contributed by atoms with Gasteiger partial charge in [-0.05, 0) is 60.3 Å². The van der Waals surface area contributed by atoms with Gasteiger partial charge in [-0.3, -0.25) is 0 Å². The van der Waals surface area contributed by atoms with E-state index in [0.717, 1.165) is 21.7 Å². The fraction of sp³-hybridized carbons (Fsp3) is 0.0435. The second kappa shape index (κ2) is 8.41. The number of halogens is 1. The van der Waals surface area contributed by atoms with Crippen LogP contribution >= 0.6 is 22.9 Å². The zero-order valence-electron chi connectivity index (χ0n) is 16.9. The van der Waals surface area contributed by atoms with Crippen molar-refractivity contribution in [3.05, 3.63) is 82.7 Å². The Morgan fingerprint density at radius 2 is 1.81 bits per heavy atom. The van der Waals surface area contributed by atoms with Gasteiger partial charge in [-0.2, -0.15) is 9.61 Å². The van der Waals surface area contributed by atoms with Gasteiger partial charge in [0.15, 0.2) is 11.5 Å². The molecule has 0 aliphatic heterocycles. The molecule has 0 spiro atoms. The largest absolute Gasteiger partial charge is 0.323 e. The maximum Gasteiger partial charge on any atom is 0.323 e. The molecule has 0 atom stereocenters. The van der Waals surface area contributed by atoms with Gasteiger partial charge in [0.05, 0.1) is 10.6 Å². The summed E-state index contributed by atoms with van der Waals surface area (Å²) in [6.45, 7) is 1.91. The molecule has 0 aliphatic rings. The van der Waals surface area contributed by atoms with Gasteiger partial charge in [-0.15, -0.1) is 21.5 Å². The molecule has 5 rings (SSSR count). The molecule has 0 radical (unpaired) electrons. The second-order valence-corrected chi connectivity index (χ2v) is 8.47. The summed E-state index contributed by atoms with van der Waals surface area (Å²) in [5.41, 5.74) is 4.48. The Morgan fingerprint density at radius 1 is 0.969 bits per heavy atom. The van der Waals surface area contributed by atoms with E-state index in [4.69, 9.17) is 16.7 Å². The lowest BCUT2D eigenvalue weighted by Crippen LogP contribution is -2.19. The molecule has 0 fully saturated rings. The number of amides is 2. The number of hydrogen-bond donors (Lipinski definition) is 2. The predicted molar refractivity (Wildman–Crippen MR) is 128 cm³/mol. The molecule has 0 unspecified atom stereocenters. The minimum absolute atomic E-state index is 0.357. The first-order chi connectivity index (χ1) is 15.6. The first kappa shape index (κ1) is 20.2. The van der Waals surface area contributed by atoms with Crippen LogP contribution < -0.4 is 10.6 Å². The molecule has 2 amide bonds. The number of aryl methyl sites for hydroxylation is 1. The van der Waals surface area contributed by atoms with Crippen LogP contribution in [0.4, 0.5) is 16.2 Å². The van der Waals surface area contributed by atoms with Gasteiger partial charge >= 0.3 is 6.03 Å². The van der Waals surface area contributed by atoms with Gasteiger partial charge in [0.1, 0.15) is 0 Å². The highest BCUT2D eigenvalue weighted by Crippen LogP contribution is 2.26. The van der Waals surface area contributed by atoms with Crippen molar-refractivity contribution in [2.24, 2.45) is 0 Å². The summed E-state index contributed by atoms with van der Waals surface area (Å²) in [5.74, 6) is 0.697. The molecule has 32 heavy (non-hydrogen) atoms. The molecule has 0 saturated carbocycles. The van der Waals surface area contributed by atoms with Crippen molar-refractivity contribution in [1.82, 2.24) is 19.8 Å². The number of rotatable bonds is 4. The van der Waals surface area contributed by atoms with E-state index in [1.54, 1.807) is 28.0 Å². The SMILES string of the molecule is Cc1ccc(NC(=O)Nc2cccc(-c3ccc4nnc(-c5cccs5)n4n3)c2)cc1Cl. The Bertz CT molecular complexity index is 1430. The Hall–Kier alpha value is -3.75. The molecular weight excluding hydrogens is 444 g/mol. The minimum atomic E-state index is -0.357. The summed E-state index contributed by atoms with van der Waals surface area (Å²) in [6, 6.07) is 20.2. The molecule has 0 bridgehead atoms. The van der Waals surface area contributed by atoms with Crippen LogP contribution in [-0.2, 0) is 0 Å². The van der Waals surface area contributed by atoms with Crippen molar-refractivity contribution >= 4 is 46.0 Å². The third-order valence-corrected chi connectivity index (χ3v) is 6.12. The van der Waals surface area contributed by atoms with E-state index < -0.39 is 0 Å². The third kappa shape index (κ3) is 4.05. The number of benzene rings is 2. The number of urea groups is 1. The summed E-state index contributed by atoms with van der Waals surface area (Å²) in [5, 5.41) is 21.4. The van der Waals surface area contributed by atoms with Crippen LogP contribution in [0.15, 0.2) is 72.1 Å². The normalized spacial score (nSPS) is 10.9. The van der Waals surface area contributed by atoms with Crippen LogP contribution in [-0.4, -0.2) is 25.8 Å². The molecular formula is C23H17ClN6OS.